The molecule has 1 saturated carbocycles. The first-order valence-corrected chi connectivity index (χ1v) is 21.4. The average molecular weight is 691 g/mol. The van der Waals surface area contributed by atoms with Gasteiger partial charge in [0, 0.05) is 17.8 Å². The molecule has 4 aromatic carbocycles. The second-order valence-electron chi connectivity index (χ2n) is 16.0. The summed E-state index contributed by atoms with van der Waals surface area (Å²) in [7, 11) is -2.30. The van der Waals surface area contributed by atoms with Crippen LogP contribution in [0.2, 0.25) is 18.1 Å². The summed E-state index contributed by atoms with van der Waals surface area (Å²) in [6.45, 7) is 17.4. The van der Waals surface area contributed by atoms with Crippen LogP contribution < -0.4 is 0 Å². The molecule has 4 nitrogen and oxygen atoms in total. The molecule has 1 aliphatic rings. The van der Waals surface area contributed by atoms with Crippen LogP contribution in [0.4, 0.5) is 0 Å². The fourth-order valence-corrected chi connectivity index (χ4v) is 8.81. The van der Waals surface area contributed by atoms with Crippen LogP contribution in [0.25, 0.3) is 0 Å². The van der Waals surface area contributed by atoms with Crippen LogP contribution in [0.1, 0.15) is 82.6 Å². The van der Waals surface area contributed by atoms with E-state index in [4.69, 9.17) is 13.9 Å². The Morgan fingerprint density at radius 2 is 1.20 bits per heavy atom. The maximum absolute atomic E-state index is 13.8. The Labute approximate surface area is 302 Å². The van der Waals surface area contributed by atoms with Gasteiger partial charge in [-0.25, -0.2) is 0 Å². The molecule has 4 aromatic rings. The third-order valence-electron chi connectivity index (χ3n) is 11.7. The Morgan fingerprint density at radius 3 is 1.66 bits per heavy atom. The van der Waals surface area contributed by atoms with Gasteiger partial charge in [-0.15, -0.1) is 0 Å². The molecule has 0 aliphatic heterocycles. The van der Waals surface area contributed by atoms with Crippen LogP contribution in [-0.2, 0) is 30.9 Å². The third kappa shape index (κ3) is 8.40. The smallest absolute Gasteiger partial charge is 0.192 e. The van der Waals surface area contributed by atoms with Gasteiger partial charge in [-0.2, -0.15) is 0 Å². The number of ether oxygens (including phenoxy) is 2. The van der Waals surface area contributed by atoms with Crippen LogP contribution in [0.3, 0.4) is 0 Å². The van der Waals surface area contributed by atoms with Gasteiger partial charge in [-0.1, -0.05) is 162 Å². The lowest BCUT2D eigenvalue weighted by atomic mass is 9.62. The summed E-state index contributed by atoms with van der Waals surface area (Å²) >= 11 is 0. The molecule has 1 aliphatic carbocycles. The molecule has 0 spiro atoms. The maximum Gasteiger partial charge on any atom is 0.192 e. The Bertz CT molecular complexity index is 1520. The van der Waals surface area contributed by atoms with E-state index in [0.717, 1.165) is 41.5 Å². The van der Waals surface area contributed by atoms with Crippen molar-refractivity contribution in [3.05, 3.63) is 144 Å². The summed E-state index contributed by atoms with van der Waals surface area (Å²) in [5.74, 6) is 0.210. The van der Waals surface area contributed by atoms with Gasteiger partial charge in [-0.05, 0) is 59.1 Å². The van der Waals surface area contributed by atoms with Crippen LogP contribution in [0.5, 0.6) is 0 Å². The number of ketones is 1. The van der Waals surface area contributed by atoms with Crippen molar-refractivity contribution in [3.8, 4) is 0 Å². The van der Waals surface area contributed by atoms with Crippen molar-refractivity contribution in [1.29, 1.82) is 0 Å². The summed E-state index contributed by atoms with van der Waals surface area (Å²) < 4.78 is 21.5. The van der Waals surface area contributed by atoms with Gasteiger partial charge in [-0.3, -0.25) is 4.79 Å². The molecule has 4 atom stereocenters. The SMILES string of the molecule is C[C@H]([C@@H](COC(c1ccccc1)(c1ccccc1)c1ccccc1)O[Si](C)(C)C(C)(C)C)[C@@](C)(COCc1ccccc1)[C@@H]1CCCCC1=O. The summed E-state index contributed by atoms with van der Waals surface area (Å²) in [4.78, 5) is 13.8. The highest BCUT2D eigenvalue weighted by atomic mass is 28.4. The zero-order valence-electron chi connectivity index (χ0n) is 31.4. The highest BCUT2D eigenvalue weighted by molar-refractivity contribution is 6.74. The molecule has 0 unspecified atom stereocenters. The van der Waals surface area contributed by atoms with Gasteiger partial charge in [0.05, 0.1) is 25.9 Å². The number of carbonyl (C=O) groups is 1. The number of rotatable bonds is 15. The summed E-state index contributed by atoms with van der Waals surface area (Å²) in [6, 6.07) is 42.0. The minimum Gasteiger partial charge on any atom is -0.411 e. The fraction of sp³-hybridized carbons (Fsp3) is 0.444. The van der Waals surface area contributed by atoms with E-state index in [1.165, 1.54) is 0 Å². The Hall–Kier alpha value is -3.35. The summed E-state index contributed by atoms with van der Waals surface area (Å²) in [5, 5.41) is -0.0127. The van der Waals surface area contributed by atoms with Gasteiger partial charge >= 0.3 is 0 Å². The number of Topliss-reactive ketones (excluding diaryl/α,β-unsaturated/α-hetero) is 1. The molecule has 50 heavy (non-hydrogen) atoms. The zero-order chi connectivity index (χ0) is 35.8. The minimum absolute atomic E-state index is 0.0127. The largest absolute Gasteiger partial charge is 0.411 e. The van der Waals surface area contributed by atoms with E-state index in [9.17, 15) is 4.79 Å². The monoisotopic (exact) mass is 690 g/mol. The molecular formula is C45H58O4Si. The predicted octanol–water partition coefficient (Wildman–Crippen LogP) is 11.0. The molecule has 0 heterocycles. The van der Waals surface area contributed by atoms with Gasteiger partial charge < -0.3 is 13.9 Å². The van der Waals surface area contributed by atoms with E-state index < -0.39 is 19.3 Å². The molecule has 0 N–H and O–H groups in total. The molecule has 0 bridgehead atoms. The fourth-order valence-electron chi connectivity index (χ4n) is 7.43. The normalized spacial score (nSPS) is 18.3. The van der Waals surface area contributed by atoms with Crippen molar-refractivity contribution >= 4 is 14.1 Å². The Morgan fingerprint density at radius 1 is 0.720 bits per heavy atom. The minimum atomic E-state index is -2.30. The molecule has 0 saturated heterocycles. The number of benzene rings is 4. The van der Waals surface area contributed by atoms with Crippen molar-refractivity contribution in [1.82, 2.24) is 0 Å². The van der Waals surface area contributed by atoms with E-state index in [1.807, 2.05) is 18.2 Å². The quantitative estimate of drug-likeness (QED) is 0.0920. The lowest BCUT2D eigenvalue weighted by molar-refractivity contribution is -0.141. The average Bonchev–Trinajstić information content (AvgIpc) is 3.12. The van der Waals surface area contributed by atoms with E-state index in [0.29, 0.717) is 32.0 Å². The molecule has 0 amide bonds. The standard InChI is InChI=1S/C45H58O4Si/c1-35(44(5,40-30-20-21-31-41(40)46)34-47-32-36-22-12-8-13-23-36)42(49-50(6,7)43(2,3)4)33-48-45(37-24-14-9-15-25-37,38-26-16-10-17-27-38)39-28-18-11-19-29-39/h8-19,22-29,35,40,42H,20-21,30-34H2,1-7H3/t35-,40-,42-,44-/m1/s1. The van der Waals surface area contributed by atoms with E-state index in [1.54, 1.807) is 0 Å². The van der Waals surface area contributed by atoms with Crippen LogP contribution >= 0.6 is 0 Å². The molecule has 0 radical (unpaired) electrons. The summed E-state index contributed by atoms with van der Waals surface area (Å²) in [6.07, 6.45) is 3.25. The molecule has 266 valence electrons. The van der Waals surface area contributed by atoms with Crippen molar-refractivity contribution in [3.63, 3.8) is 0 Å². The molecule has 5 rings (SSSR count). The topological polar surface area (TPSA) is 44.8 Å². The molecule has 5 heteroatoms. The third-order valence-corrected chi connectivity index (χ3v) is 16.2. The Balaban J connectivity index is 1.59. The van der Waals surface area contributed by atoms with Crippen LogP contribution in [0.15, 0.2) is 121 Å². The molecular weight excluding hydrogens is 633 g/mol. The number of carbonyl (C=O) groups excluding carboxylic acids is 1. The van der Waals surface area contributed by atoms with Crippen LogP contribution in [-0.4, -0.2) is 33.4 Å². The second-order valence-corrected chi connectivity index (χ2v) is 20.8. The van der Waals surface area contributed by atoms with Gasteiger partial charge in [0.2, 0.25) is 0 Å². The van der Waals surface area contributed by atoms with Crippen molar-refractivity contribution in [2.75, 3.05) is 13.2 Å². The highest BCUT2D eigenvalue weighted by Gasteiger charge is 2.50. The summed E-state index contributed by atoms with van der Waals surface area (Å²) in [5.41, 5.74) is 2.98. The van der Waals surface area contributed by atoms with Crippen molar-refractivity contribution < 1.29 is 18.7 Å². The predicted molar refractivity (Wildman–Crippen MR) is 208 cm³/mol. The molecule has 0 aromatic heterocycles. The first-order valence-electron chi connectivity index (χ1n) is 18.5. The van der Waals surface area contributed by atoms with E-state index in [-0.39, 0.29) is 23.0 Å². The van der Waals surface area contributed by atoms with Crippen molar-refractivity contribution in [2.45, 2.75) is 96.7 Å². The first-order chi connectivity index (χ1) is 23.9. The van der Waals surface area contributed by atoms with Gasteiger partial charge in [0.1, 0.15) is 11.4 Å². The van der Waals surface area contributed by atoms with E-state index in [2.05, 4.69) is 151 Å². The maximum atomic E-state index is 13.8. The van der Waals surface area contributed by atoms with Gasteiger partial charge in [0.25, 0.3) is 0 Å². The zero-order valence-corrected chi connectivity index (χ0v) is 32.4. The second kappa shape index (κ2) is 16.3. The first kappa shape index (κ1) is 37.9. The number of hydrogen-bond acceptors (Lipinski definition) is 4. The van der Waals surface area contributed by atoms with Crippen molar-refractivity contribution in [2.24, 2.45) is 17.3 Å². The lowest BCUT2D eigenvalue weighted by Crippen LogP contribution is -2.54. The molecule has 1 fully saturated rings. The van der Waals surface area contributed by atoms with Gasteiger partial charge in [0.15, 0.2) is 8.32 Å². The van der Waals surface area contributed by atoms with E-state index >= 15 is 0 Å². The highest BCUT2D eigenvalue weighted by Crippen LogP contribution is 2.48. The lowest BCUT2D eigenvalue weighted by Gasteiger charge is -2.49. The van der Waals surface area contributed by atoms with Crippen LogP contribution in [0, 0.1) is 17.3 Å². The Kier molecular flexibility index (Phi) is 12.4. The number of hydrogen-bond donors (Lipinski definition) is 0.